The molecule has 1 fully saturated rings. The highest BCUT2D eigenvalue weighted by Gasteiger charge is 2.77. The quantitative estimate of drug-likeness (QED) is 0.175. The molecule has 3 aliphatic heterocycles. The number of rotatable bonds is 2. The second-order valence-electron chi connectivity index (χ2n) is 5.55. The average molecular weight is 317 g/mol. The van der Waals surface area contributed by atoms with Crippen molar-refractivity contribution in [3.05, 3.63) is 0 Å². The molecule has 22 heavy (non-hydrogen) atoms. The van der Waals surface area contributed by atoms with Crippen LogP contribution in [-0.4, -0.2) is 80.7 Å². The molecule has 3 aliphatic rings. The van der Waals surface area contributed by atoms with Crippen LogP contribution in [0.1, 0.15) is 0 Å². The lowest BCUT2D eigenvalue weighted by Crippen LogP contribution is -2.91. The summed E-state index contributed by atoms with van der Waals surface area (Å²) in [6.07, 6.45) is -2.48. The highest BCUT2D eigenvalue weighted by atomic mass is 16.5. The van der Waals surface area contributed by atoms with Gasteiger partial charge in [-0.3, -0.25) is 21.8 Å². The average Bonchev–Trinajstić information content (AvgIpc) is 2.86. The van der Waals surface area contributed by atoms with E-state index >= 15 is 0 Å². The molecule has 122 valence electrons. The Morgan fingerprint density at radius 3 is 2.82 bits per heavy atom. The smallest absolute Gasteiger partial charge is 0.404 e. The zero-order chi connectivity index (χ0) is 16.3. The number of nitrogens with one attached hydrogen (secondary N) is 3. The Kier molecular flexibility index (Phi) is 2.89. The molecule has 12 nitrogen and oxygen atoms in total. The van der Waals surface area contributed by atoms with Crippen molar-refractivity contribution in [1.82, 2.24) is 10.6 Å². The van der Waals surface area contributed by atoms with Gasteiger partial charge in [-0.25, -0.2) is 14.7 Å². The predicted octanol–water partition coefficient (Wildman–Crippen LogP) is -7.50. The lowest BCUT2D eigenvalue weighted by atomic mass is 9.86. The Morgan fingerprint density at radius 1 is 1.50 bits per heavy atom. The predicted molar refractivity (Wildman–Crippen MR) is 69.8 cm³/mol. The molecule has 0 bridgehead atoms. The van der Waals surface area contributed by atoms with Crippen LogP contribution in [0.2, 0.25) is 0 Å². The van der Waals surface area contributed by atoms with Crippen LogP contribution >= 0.6 is 0 Å². The van der Waals surface area contributed by atoms with Crippen molar-refractivity contribution < 1.29 is 34.4 Å². The maximum atomic E-state index is 10.8. The first-order valence-electron chi connectivity index (χ1n) is 6.59. The summed E-state index contributed by atoms with van der Waals surface area (Å²) >= 11 is 0. The fourth-order valence-electron chi connectivity index (χ4n) is 3.39. The number of carbonyl (C=O) groups is 1. The molecule has 0 aromatic heterocycles. The third kappa shape index (κ3) is 1.65. The van der Waals surface area contributed by atoms with Gasteiger partial charge in [-0.15, -0.1) is 0 Å². The highest BCUT2D eigenvalue weighted by Crippen LogP contribution is 2.37. The van der Waals surface area contributed by atoms with Crippen molar-refractivity contribution in [2.45, 2.75) is 29.6 Å². The van der Waals surface area contributed by atoms with Crippen LogP contribution in [0.15, 0.2) is 0 Å². The Balaban J connectivity index is 2.05. The van der Waals surface area contributed by atoms with Gasteiger partial charge in [-0.05, 0) is 0 Å². The first kappa shape index (κ1) is 14.6. The summed E-state index contributed by atoms with van der Waals surface area (Å²) in [5, 5.41) is 36.4. The number of guanidine groups is 2. The van der Waals surface area contributed by atoms with Gasteiger partial charge in [0, 0.05) is 0 Å². The van der Waals surface area contributed by atoms with Crippen LogP contribution in [-0.2, 0) is 4.74 Å². The molecule has 0 radical (unpaired) electrons. The van der Waals surface area contributed by atoms with E-state index in [0.29, 0.717) is 0 Å². The molecule has 1 amide bonds. The summed E-state index contributed by atoms with van der Waals surface area (Å²) in [5.41, 5.74) is 15.0. The third-order valence-corrected chi connectivity index (χ3v) is 4.32. The monoisotopic (exact) mass is 317 g/mol. The fourth-order valence-corrected chi connectivity index (χ4v) is 3.39. The normalized spacial score (nSPS) is 38.5. The fraction of sp³-hybridized carbons (Fsp3) is 0.700. The molecule has 0 unspecified atom stereocenters. The molecule has 1 saturated heterocycles. The largest absolute Gasteiger partial charge is 0.446 e. The minimum Gasteiger partial charge on any atom is -0.446 e. The van der Waals surface area contributed by atoms with Gasteiger partial charge >= 0.3 is 18.0 Å². The second kappa shape index (κ2) is 4.34. The minimum absolute atomic E-state index is 0.0668. The molecule has 0 aliphatic carbocycles. The summed E-state index contributed by atoms with van der Waals surface area (Å²) in [4.78, 5) is 13.6. The number of hydrogen-bond donors (Lipinski definition) is 9. The lowest BCUT2D eigenvalue weighted by Gasteiger charge is -2.40. The number of primary amides is 1. The van der Waals surface area contributed by atoms with Crippen LogP contribution in [0.25, 0.3) is 0 Å². The number of nitrogens with zero attached hydrogens (tertiary/aromatic N) is 1. The molecule has 3 heterocycles. The maximum absolute atomic E-state index is 10.8. The summed E-state index contributed by atoms with van der Waals surface area (Å²) < 4.78 is 6.13. The van der Waals surface area contributed by atoms with E-state index in [1.165, 1.54) is 4.58 Å². The molecule has 12 N–H and O–H groups in total. The number of amides is 1. The number of ether oxygens (including phenoxy) is 1. The summed E-state index contributed by atoms with van der Waals surface area (Å²) in [5.74, 6) is -2.41. The van der Waals surface area contributed by atoms with E-state index in [9.17, 15) is 20.1 Å². The number of carbonyl (C=O) groups excluding carboxylic acids is 1. The van der Waals surface area contributed by atoms with Gasteiger partial charge in [-0.1, -0.05) is 0 Å². The van der Waals surface area contributed by atoms with Crippen molar-refractivity contribution in [1.29, 1.82) is 0 Å². The van der Waals surface area contributed by atoms with Crippen LogP contribution in [0.3, 0.4) is 0 Å². The molecule has 0 aromatic carbocycles. The van der Waals surface area contributed by atoms with Gasteiger partial charge < -0.3 is 25.8 Å². The van der Waals surface area contributed by atoms with Crippen molar-refractivity contribution in [3.8, 4) is 0 Å². The van der Waals surface area contributed by atoms with Crippen LogP contribution in [0.5, 0.6) is 0 Å². The first-order chi connectivity index (χ1) is 10.2. The SMILES string of the molecule is NC(=O)OC[C@@H]1NC(N)=[N+]2C[C@H](O)C(O)(O)[C@@]23NC(N)=[NH+][C@@H]13. The molecular weight excluding hydrogens is 298 g/mol. The summed E-state index contributed by atoms with van der Waals surface area (Å²) in [6.45, 7) is -0.321. The first-order valence-corrected chi connectivity index (χ1v) is 6.59. The van der Waals surface area contributed by atoms with E-state index in [-0.39, 0.29) is 25.1 Å². The van der Waals surface area contributed by atoms with E-state index in [4.69, 9.17) is 21.9 Å². The zero-order valence-corrected chi connectivity index (χ0v) is 11.5. The van der Waals surface area contributed by atoms with Crippen LogP contribution in [0.4, 0.5) is 4.79 Å². The summed E-state index contributed by atoms with van der Waals surface area (Å²) in [7, 11) is 0. The number of hydrogen-bond acceptors (Lipinski definition) is 9. The van der Waals surface area contributed by atoms with E-state index in [1.54, 1.807) is 0 Å². The Hall–Kier alpha value is -2.31. The molecule has 4 atom stereocenters. The number of aliphatic hydroxyl groups is 3. The van der Waals surface area contributed by atoms with Crippen molar-refractivity contribution in [3.63, 3.8) is 0 Å². The second-order valence-corrected chi connectivity index (χ2v) is 5.55. The molecular formula is C10H19N7O5+2. The van der Waals surface area contributed by atoms with Gasteiger partial charge in [0.1, 0.15) is 25.3 Å². The molecule has 0 aromatic rings. The Morgan fingerprint density at radius 2 is 2.18 bits per heavy atom. The third-order valence-electron chi connectivity index (χ3n) is 4.32. The van der Waals surface area contributed by atoms with Gasteiger partial charge in [0.2, 0.25) is 0 Å². The van der Waals surface area contributed by atoms with Gasteiger partial charge in [0.05, 0.1) is 0 Å². The Labute approximate surface area is 124 Å². The number of nitrogens with two attached hydrogens (primary N) is 3. The number of aliphatic hydroxyl groups excluding tert-OH is 1. The van der Waals surface area contributed by atoms with Crippen LogP contribution < -0.4 is 32.8 Å². The topological polar surface area (TPSA) is 206 Å². The van der Waals surface area contributed by atoms with Crippen molar-refractivity contribution >= 4 is 18.0 Å². The van der Waals surface area contributed by atoms with Crippen molar-refractivity contribution in [2.75, 3.05) is 13.2 Å². The molecule has 12 heteroatoms. The minimum atomic E-state index is -2.55. The van der Waals surface area contributed by atoms with Gasteiger partial charge in [0.25, 0.3) is 11.4 Å². The standard InChI is InChI=1S/C10H17N7O5/c11-6-15-5-3(2-22-8(13)19)14-7(12)17-1-4(18)10(20,21)9(5,17)16-6/h3-5,18,20-21H,1-2H2,(H7,11,12,13,14,15,16,19)/p+2/t3-,4-,5-,9-/m0/s1. The highest BCUT2D eigenvalue weighted by molar-refractivity contribution is 5.78. The van der Waals surface area contributed by atoms with Gasteiger partial charge in [-0.2, -0.15) is 0 Å². The zero-order valence-electron chi connectivity index (χ0n) is 11.5. The molecule has 0 saturated carbocycles. The van der Waals surface area contributed by atoms with Gasteiger partial charge in [0.15, 0.2) is 6.04 Å². The van der Waals surface area contributed by atoms with E-state index in [1.807, 2.05) is 0 Å². The van der Waals surface area contributed by atoms with E-state index in [2.05, 4.69) is 15.6 Å². The van der Waals surface area contributed by atoms with Crippen molar-refractivity contribution in [2.24, 2.45) is 17.2 Å². The summed E-state index contributed by atoms with van der Waals surface area (Å²) in [6, 6.07) is -1.44. The lowest BCUT2D eigenvalue weighted by molar-refractivity contribution is -0.674. The molecule has 3 rings (SSSR count). The van der Waals surface area contributed by atoms with E-state index in [0.717, 1.165) is 0 Å². The Bertz CT molecular complexity index is 590. The van der Waals surface area contributed by atoms with E-state index < -0.39 is 35.7 Å². The molecule has 1 spiro atoms. The maximum Gasteiger partial charge on any atom is 0.404 e. The van der Waals surface area contributed by atoms with Crippen LogP contribution in [0, 0.1) is 0 Å².